The standard InChI is InChI=1S/C24H38O5/c1-23(2,21(26)27)15-9-5-7-11-18-13-14-19(20(25)17-18)12-8-6-10-16-24(3,4)22(28)29/h13-14,17,25H,5-12,15-16H2,1-4H3,(H,26,27)(H,28,29). The van der Waals surface area contributed by atoms with E-state index >= 15 is 0 Å². The number of rotatable bonds is 14. The lowest BCUT2D eigenvalue weighted by atomic mass is 9.87. The molecule has 0 radical (unpaired) electrons. The number of aryl methyl sites for hydroxylation is 2. The van der Waals surface area contributed by atoms with Gasteiger partial charge in [0.15, 0.2) is 0 Å². The van der Waals surface area contributed by atoms with Crippen LogP contribution in [0.3, 0.4) is 0 Å². The zero-order valence-electron chi connectivity index (χ0n) is 18.5. The van der Waals surface area contributed by atoms with Gasteiger partial charge >= 0.3 is 11.9 Å². The molecule has 0 saturated carbocycles. The van der Waals surface area contributed by atoms with E-state index in [1.54, 1.807) is 27.7 Å². The number of carboxylic acid groups (broad SMARTS) is 2. The lowest BCUT2D eigenvalue weighted by molar-refractivity contribution is -0.148. The Hall–Kier alpha value is -2.04. The molecule has 0 spiro atoms. The highest BCUT2D eigenvalue weighted by Crippen LogP contribution is 2.27. The lowest BCUT2D eigenvalue weighted by Crippen LogP contribution is -2.23. The molecule has 0 unspecified atom stereocenters. The average Bonchev–Trinajstić information content (AvgIpc) is 2.62. The van der Waals surface area contributed by atoms with Gasteiger partial charge in [-0.2, -0.15) is 0 Å². The van der Waals surface area contributed by atoms with Gasteiger partial charge in [-0.25, -0.2) is 0 Å². The molecule has 29 heavy (non-hydrogen) atoms. The van der Waals surface area contributed by atoms with Gasteiger partial charge in [0.1, 0.15) is 5.75 Å². The van der Waals surface area contributed by atoms with Crippen LogP contribution in [-0.4, -0.2) is 27.3 Å². The number of aromatic hydroxyl groups is 1. The van der Waals surface area contributed by atoms with Crippen LogP contribution in [0.4, 0.5) is 0 Å². The summed E-state index contributed by atoms with van der Waals surface area (Å²) < 4.78 is 0. The van der Waals surface area contributed by atoms with Crippen molar-refractivity contribution in [2.75, 3.05) is 0 Å². The Bertz CT molecular complexity index is 676. The van der Waals surface area contributed by atoms with Crippen LogP contribution in [0.15, 0.2) is 18.2 Å². The molecule has 164 valence electrons. The van der Waals surface area contributed by atoms with E-state index in [-0.39, 0.29) is 0 Å². The van der Waals surface area contributed by atoms with E-state index in [2.05, 4.69) is 6.07 Å². The van der Waals surface area contributed by atoms with Crippen LogP contribution in [0.2, 0.25) is 0 Å². The van der Waals surface area contributed by atoms with Crippen LogP contribution in [-0.2, 0) is 22.4 Å². The second-order valence-corrected chi connectivity index (χ2v) is 9.46. The van der Waals surface area contributed by atoms with E-state index in [1.807, 2.05) is 12.1 Å². The fraction of sp³-hybridized carbons (Fsp3) is 0.667. The molecule has 1 aromatic carbocycles. The van der Waals surface area contributed by atoms with Crippen LogP contribution in [0, 0.1) is 10.8 Å². The first-order valence-electron chi connectivity index (χ1n) is 10.7. The van der Waals surface area contributed by atoms with Crippen molar-refractivity contribution in [1.29, 1.82) is 0 Å². The molecule has 0 bridgehead atoms. The summed E-state index contributed by atoms with van der Waals surface area (Å²) in [5.74, 6) is -1.17. The van der Waals surface area contributed by atoms with E-state index in [4.69, 9.17) is 10.2 Å². The molecule has 0 heterocycles. The molecule has 0 aliphatic rings. The van der Waals surface area contributed by atoms with Crippen molar-refractivity contribution in [1.82, 2.24) is 0 Å². The average molecular weight is 407 g/mol. The third-order valence-electron chi connectivity index (χ3n) is 5.82. The maximum atomic E-state index is 11.1. The topological polar surface area (TPSA) is 94.8 Å². The normalized spacial score (nSPS) is 12.1. The third-order valence-corrected chi connectivity index (χ3v) is 5.82. The summed E-state index contributed by atoms with van der Waals surface area (Å²) >= 11 is 0. The third kappa shape index (κ3) is 8.88. The minimum Gasteiger partial charge on any atom is -0.508 e. The molecule has 0 aliphatic carbocycles. The van der Waals surface area contributed by atoms with Gasteiger partial charge in [0.25, 0.3) is 0 Å². The van der Waals surface area contributed by atoms with E-state index in [0.717, 1.165) is 62.5 Å². The van der Waals surface area contributed by atoms with Crippen LogP contribution in [0.5, 0.6) is 5.75 Å². The number of hydrogen-bond acceptors (Lipinski definition) is 3. The molecule has 0 aromatic heterocycles. The highest BCUT2D eigenvalue weighted by Gasteiger charge is 2.26. The van der Waals surface area contributed by atoms with E-state index in [1.165, 1.54) is 0 Å². The summed E-state index contributed by atoms with van der Waals surface area (Å²) in [6, 6.07) is 5.88. The molecule has 1 rings (SSSR count). The predicted octanol–water partition coefficient (Wildman–Crippen LogP) is 5.82. The molecule has 0 amide bonds. The minimum atomic E-state index is -0.753. The predicted molar refractivity (Wildman–Crippen MR) is 115 cm³/mol. The zero-order chi connectivity index (χ0) is 22.1. The van der Waals surface area contributed by atoms with Crippen molar-refractivity contribution >= 4 is 11.9 Å². The summed E-state index contributed by atoms with van der Waals surface area (Å²) in [6.07, 6.45) is 8.62. The number of phenols is 1. The summed E-state index contributed by atoms with van der Waals surface area (Å²) in [6.45, 7) is 7.04. The number of phenolic OH excluding ortho intramolecular Hbond substituents is 1. The summed E-state index contributed by atoms with van der Waals surface area (Å²) in [7, 11) is 0. The summed E-state index contributed by atoms with van der Waals surface area (Å²) in [5, 5.41) is 28.5. The molecule has 0 atom stereocenters. The number of aliphatic carboxylic acids is 2. The molecular weight excluding hydrogens is 368 g/mol. The summed E-state index contributed by atoms with van der Waals surface area (Å²) in [5.41, 5.74) is 0.706. The molecule has 5 nitrogen and oxygen atoms in total. The zero-order valence-corrected chi connectivity index (χ0v) is 18.5. The smallest absolute Gasteiger partial charge is 0.309 e. The fourth-order valence-electron chi connectivity index (χ4n) is 3.32. The van der Waals surface area contributed by atoms with Crippen molar-refractivity contribution in [3.05, 3.63) is 29.3 Å². The SMILES string of the molecule is CC(C)(CCCCCc1ccc(CCCCCC(C)(C)C(=O)O)c(O)c1)C(=O)O. The quantitative estimate of drug-likeness (QED) is 0.338. The van der Waals surface area contributed by atoms with Crippen LogP contribution in [0.1, 0.15) is 90.2 Å². The van der Waals surface area contributed by atoms with Gasteiger partial charge < -0.3 is 15.3 Å². The van der Waals surface area contributed by atoms with Crippen molar-refractivity contribution in [2.45, 2.75) is 91.9 Å². The second kappa shape index (κ2) is 11.2. The Morgan fingerprint density at radius 3 is 1.69 bits per heavy atom. The van der Waals surface area contributed by atoms with Crippen molar-refractivity contribution in [2.24, 2.45) is 10.8 Å². The number of benzene rings is 1. The molecule has 0 fully saturated rings. The largest absolute Gasteiger partial charge is 0.508 e. The van der Waals surface area contributed by atoms with Crippen molar-refractivity contribution < 1.29 is 24.9 Å². The van der Waals surface area contributed by atoms with Gasteiger partial charge in [0, 0.05) is 0 Å². The maximum Gasteiger partial charge on any atom is 0.309 e. The minimum absolute atomic E-state index is 0.334. The Labute approximate surface area is 175 Å². The fourth-order valence-corrected chi connectivity index (χ4v) is 3.32. The van der Waals surface area contributed by atoms with E-state index in [0.29, 0.717) is 18.6 Å². The van der Waals surface area contributed by atoms with E-state index in [9.17, 15) is 14.7 Å². The van der Waals surface area contributed by atoms with Crippen LogP contribution >= 0.6 is 0 Å². The first-order valence-corrected chi connectivity index (χ1v) is 10.7. The molecule has 1 aromatic rings. The second-order valence-electron chi connectivity index (χ2n) is 9.46. The van der Waals surface area contributed by atoms with Crippen LogP contribution < -0.4 is 0 Å². The van der Waals surface area contributed by atoms with Gasteiger partial charge in [-0.3, -0.25) is 9.59 Å². The highest BCUT2D eigenvalue weighted by molar-refractivity contribution is 5.73. The molecule has 3 N–H and O–H groups in total. The Morgan fingerprint density at radius 1 is 0.759 bits per heavy atom. The Kier molecular flexibility index (Phi) is 9.67. The van der Waals surface area contributed by atoms with Gasteiger partial charge in [-0.15, -0.1) is 0 Å². The Balaban J connectivity index is 2.31. The number of carbonyl (C=O) groups is 2. The molecule has 5 heteroatoms. The number of carboxylic acids is 2. The van der Waals surface area contributed by atoms with Gasteiger partial charge in [-0.1, -0.05) is 37.8 Å². The monoisotopic (exact) mass is 406 g/mol. The highest BCUT2D eigenvalue weighted by atomic mass is 16.4. The van der Waals surface area contributed by atoms with E-state index < -0.39 is 22.8 Å². The number of hydrogen-bond donors (Lipinski definition) is 3. The van der Waals surface area contributed by atoms with Gasteiger partial charge in [0.05, 0.1) is 10.8 Å². The lowest BCUT2D eigenvalue weighted by Gasteiger charge is -2.18. The van der Waals surface area contributed by atoms with Crippen molar-refractivity contribution in [3.8, 4) is 5.75 Å². The first kappa shape index (κ1) is 25.0. The number of unbranched alkanes of at least 4 members (excludes halogenated alkanes) is 4. The Morgan fingerprint density at radius 2 is 1.24 bits per heavy atom. The van der Waals surface area contributed by atoms with Gasteiger partial charge in [0.2, 0.25) is 0 Å². The first-order chi connectivity index (χ1) is 13.5. The van der Waals surface area contributed by atoms with Crippen LogP contribution in [0.25, 0.3) is 0 Å². The molecular formula is C24H38O5. The summed E-state index contributed by atoms with van der Waals surface area (Å²) in [4.78, 5) is 22.2. The molecule has 0 saturated heterocycles. The molecule has 0 aliphatic heterocycles. The maximum absolute atomic E-state index is 11.1. The van der Waals surface area contributed by atoms with Gasteiger partial charge in [-0.05, 0) is 83.4 Å². The van der Waals surface area contributed by atoms with Crippen molar-refractivity contribution in [3.63, 3.8) is 0 Å².